The van der Waals surface area contributed by atoms with E-state index in [1.54, 1.807) is 24.5 Å². The zero-order chi connectivity index (χ0) is 20.1. The van der Waals surface area contributed by atoms with Crippen LogP contribution in [-0.2, 0) is 35.2 Å². The number of carboxylic acid groups (broad SMARTS) is 2. The molecular formula is C16H19AgN3O7+. The molecule has 11 heteroatoms. The Morgan fingerprint density at radius 3 is 1.44 bits per heavy atom. The van der Waals surface area contributed by atoms with Crippen LogP contribution in [0.2, 0.25) is 0 Å². The summed E-state index contributed by atoms with van der Waals surface area (Å²) in [6.45, 7) is 3.92. The smallest absolute Gasteiger partial charge is 0.478 e. The molecule has 0 aliphatic carbocycles. The number of hydrogen-bond donors (Lipinski definition) is 3. The molecule has 2 rings (SSSR count). The predicted molar refractivity (Wildman–Crippen MR) is 89.9 cm³/mol. The van der Waals surface area contributed by atoms with Crippen molar-refractivity contribution in [2.75, 3.05) is 0 Å². The van der Waals surface area contributed by atoms with Gasteiger partial charge in [-0.15, -0.1) is 10.1 Å². The number of aromatic nitrogens is 2. The maximum Gasteiger partial charge on any atom is 1.00 e. The maximum absolute atomic E-state index is 10.4. The Morgan fingerprint density at radius 2 is 1.22 bits per heavy atom. The number of aromatic carboxylic acids is 2. The van der Waals surface area contributed by atoms with Crippen molar-refractivity contribution in [1.29, 1.82) is 0 Å². The summed E-state index contributed by atoms with van der Waals surface area (Å²) in [4.78, 5) is 36.8. The van der Waals surface area contributed by atoms with Crippen molar-refractivity contribution in [1.82, 2.24) is 9.97 Å². The summed E-state index contributed by atoms with van der Waals surface area (Å²) in [5.74, 6) is -1.85. The van der Waals surface area contributed by atoms with Gasteiger partial charge in [0.05, 0.1) is 11.1 Å². The van der Waals surface area contributed by atoms with E-state index in [0.717, 1.165) is 24.0 Å². The maximum atomic E-state index is 10.4. The van der Waals surface area contributed by atoms with E-state index in [4.69, 9.17) is 25.5 Å². The third-order valence-corrected chi connectivity index (χ3v) is 2.90. The fraction of sp³-hybridized carbons (Fsp3) is 0.250. The Bertz CT molecular complexity index is 695. The van der Waals surface area contributed by atoms with Crippen LogP contribution in [0.1, 0.15) is 45.7 Å². The van der Waals surface area contributed by atoms with Crippen molar-refractivity contribution in [3.63, 3.8) is 0 Å². The molecule has 0 aromatic carbocycles. The minimum absolute atomic E-state index is 0. The van der Waals surface area contributed by atoms with E-state index in [1.807, 2.05) is 13.8 Å². The fourth-order valence-corrected chi connectivity index (χ4v) is 1.60. The molecule has 0 aliphatic rings. The van der Waals surface area contributed by atoms with E-state index in [9.17, 15) is 9.59 Å². The van der Waals surface area contributed by atoms with Gasteiger partial charge in [-0.1, -0.05) is 13.8 Å². The van der Waals surface area contributed by atoms with Crippen molar-refractivity contribution >= 4 is 11.9 Å². The van der Waals surface area contributed by atoms with Crippen LogP contribution in [-0.4, -0.2) is 42.4 Å². The van der Waals surface area contributed by atoms with E-state index >= 15 is 0 Å². The number of carboxylic acids is 2. The zero-order valence-corrected chi connectivity index (χ0v) is 16.0. The van der Waals surface area contributed by atoms with Crippen molar-refractivity contribution in [2.45, 2.75) is 26.7 Å². The van der Waals surface area contributed by atoms with Gasteiger partial charge in [0, 0.05) is 24.8 Å². The molecule has 10 nitrogen and oxygen atoms in total. The summed E-state index contributed by atoms with van der Waals surface area (Å²) in [7, 11) is 0. The van der Waals surface area contributed by atoms with Gasteiger partial charge in [-0.25, -0.2) is 9.59 Å². The summed E-state index contributed by atoms with van der Waals surface area (Å²) in [5.41, 5.74) is 2.41. The minimum atomic E-state index is -1.50. The third-order valence-electron chi connectivity index (χ3n) is 2.90. The standard InChI is InChI=1S/2C8H9NO2.Ag.HNO3/c2*1-2-6-3-7(8(10)11)5-9-4-6;;2-1(3)4/h2*3-5H,2H2,1H3,(H,10,11);;(H,2,3,4)/q;;+1;. The van der Waals surface area contributed by atoms with Crippen LogP contribution in [0, 0.1) is 10.1 Å². The van der Waals surface area contributed by atoms with Gasteiger partial charge < -0.3 is 15.4 Å². The van der Waals surface area contributed by atoms with E-state index < -0.39 is 17.0 Å². The summed E-state index contributed by atoms with van der Waals surface area (Å²) in [6, 6.07) is 3.27. The molecule has 0 amide bonds. The molecule has 0 spiro atoms. The third kappa shape index (κ3) is 12.2. The number of hydrogen-bond acceptors (Lipinski definition) is 6. The first-order valence-corrected chi connectivity index (χ1v) is 7.38. The number of aryl methyl sites for hydroxylation is 2. The van der Waals surface area contributed by atoms with Gasteiger partial charge >= 0.3 is 34.3 Å². The van der Waals surface area contributed by atoms with Gasteiger partial charge in [0.1, 0.15) is 0 Å². The molecule has 27 heavy (non-hydrogen) atoms. The average Bonchev–Trinajstić information content (AvgIpc) is 2.61. The second kappa shape index (κ2) is 14.4. The van der Waals surface area contributed by atoms with Crippen molar-refractivity contribution in [2.24, 2.45) is 0 Å². The Hall–Kier alpha value is -2.82. The van der Waals surface area contributed by atoms with Gasteiger partial charge in [0.2, 0.25) is 0 Å². The van der Waals surface area contributed by atoms with Crippen LogP contribution >= 0.6 is 0 Å². The molecule has 0 saturated carbocycles. The van der Waals surface area contributed by atoms with E-state index in [0.29, 0.717) is 0 Å². The van der Waals surface area contributed by atoms with Crippen LogP contribution < -0.4 is 0 Å². The van der Waals surface area contributed by atoms with Gasteiger partial charge in [0.15, 0.2) is 0 Å². The molecule has 0 aliphatic heterocycles. The summed E-state index contributed by atoms with van der Waals surface area (Å²) in [5, 5.41) is 30.8. The van der Waals surface area contributed by atoms with Gasteiger partial charge in [-0.3, -0.25) is 9.97 Å². The number of carbonyl (C=O) groups is 2. The molecule has 150 valence electrons. The topological polar surface area (TPSA) is 164 Å². The van der Waals surface area contributed by atoms with E-state index in [-0.39, 0.29) is 33.5 Å². The van der Waals surface area contributed by atoms with Crippen LogP contribution in [0.5, 0.6) is 0 Å². The van der Waals surface area contributed by atoms with Crippen molar-refractivity contribution in [3.05, 3.63) is 69.3 Å². The monoisotopic (exact) mass is 472 g/mol. The normalized spacial score (nSPS) is 8.67. The fourth-order valence-electron chi connectivity index (χ4n) is 1.60. The Labute approximate surface area is 170 Å². The molecule has 3 N–H and O–H groups in total. The Balaban J connectivity index is 0. The Morgan fingerprint density at radius 1 is 0.926 bits per heavy atom. The average molecular weight is 473 g/mol. The van der Waals surface area contributed by atoms with Gasteiger partial charge in [0.25, 0.3) is 5.09 Å². The van der Waals surface area contributed by atoms with Crippen LogP contribution in [0.4, 0.5) is 0 Å². The van der Waals surface area contributed by atoms with E-state index in [2.05, 4.69) is 9.97 Å². The molecule has 2 aromatic heterocycles. The zero-order valence-electron chi connectivity index (χ0n) is 14.5. The first-order valence-electron chi connectivity index (χ1n) is 7.38. The number of nitrogens with zero attached hydrogens (tertiary/aromatic N) is 3. The quantitative estimate of drug-likeness (QED) is 0.344. The predicted octanol–water partition coefficient (Wildman–Crippen LogP) is 2.33. The molecule has 0 bridgehead atoms. The first-order chi connectivity index (χ1) is 12.2. The molecule has 0 atom stereocenters. The first kappa shape index (κ1) is 26.4. The molecule has 2 heterocycles. The molecule has 0 unspecified atom stereocenters. The molecular weight excluding hydrogens is 454 g/mol. The van der Waals surface area contributed by atoms with Gasteiger partial charge in [-0.2, -0.15) is 0 Å². The van der Waals surface area contributed by atoms with Crippen LogP contribution in [0.3, 0.4) is 0 Å². The second-order valence-corrected chi connectivity index (χ2v) is 4.72. The summed E-state index contributed by atoms with van der Waals surface area (Å²) >= 11 is 0. The molecule has 0 fully saturated rings. The van der Waals surface area contributed by atoms with E-state index in [1.165, 1.54) is 12.4 Å². The summed E-state index contributed by atoms with van der Waals surface area (Å²) < 4.78 is 0. The summed E-state index contributed by atoms with van der Waals surface area (Å²) in [6.07, 6.45) is 7.67. The van der Waals surface area contributed by atoms with Crippen LogP contribution in [0.15, 0.2) is 36.9 Å². The molecule has 0 radical (unpaired) electrons. The van der Waals surface area contributed by atoms with Gasteiger partial charge in [-0.05, 0) is 36.1 Å². The van der Waals surface area contributed by atoms with Crippen LogP contribution in [0.25, 0.3) is 0 Å². The largest absolute Gasteiger partial charge is 1.00 e. The second-order valence-electron chi connectivity index (χ2n) is 4.72. The minimum Gasteiger partial charge on any atom is -0.478 e. The molecule has 2 aromatic rings. The number of pyridine rings is 2. The van der Waals surface area contributed by atoms with Crippen molar-refractivity contribution < 1.29 is 52.5 Å². The van der Waals surface area contributed by atoms with Crippen molar-refractivity contribution in [3.8, 4) is 0 Å². The number of rotatable bonds is 4. The molecule has 0 saturated heterocycles. The Kier molecular flexibility index (Phi) is 14.0. The SMILES string of the molecule is CCc1cncc(C(=O)O)c1.CCc1cncc(C(=O)O)c1.O=[N+]([O-])O.[Ag+].